The molecule has 2 aromatic rings. The molecule has 2 aromatic carbocycles. The van der Waals surface area contributed by atoms with Crippen molar-refractivity contribution in [2.45, 2.75) is 52.2 Å². The SMILES string of the molecule is CCOC(=O)CS(=O)(=O)N(CC(F)=Cc1cccc(C#N)c1)c1ccc(OC2CCN(C(=O)OC(C)(C)C)CC2)c(C(N)=O)c1. The van der Waals surface area contributed by atoms with Crippen molar-refractivity contribution in [3.63, 3.8) is 0 Å². The monoisotopic (exact) mass is 644 g/mol. The predicted octanol–water partition coefficient (Wildman–Crippen LogP) is 4.15. The largest absolute Gasteiger partial charge is 0.489 e. The van der Waals surface area contributed by atoms with Gasteiger partial charge in [-0.25, -0.2) is 17.6 Å². The number of hydrogen-bond donors (Lipinski definition) is 1. The molecule has 2 amide bonds. The quantitative estimate of drug-likeness (QED) is 0.353. The summed E-state index contributed by atoms with van der Waals surface area (Å²) < 4.78 is 58.9. The molecule has 14 heteroatoms. The van der Waals surface area contributed by atoms with Crippen LogP contribution < -0.4 is 14.8 Å². The van der Waals surface area contributed by atoms with E-state index in [4.69, 9.17) is 25.2 Å². The number of halogens is 1. The van der Waals surface area contributed by atoms with Crippen LogP contribution in [0.5, 0.6) is 5.75 Å². The van der Waals surface area contributed by atoms with Crippen LogP contribution in [0.3, 0.4) is 0 Å². The number of benzene rings is 2. The molecule has 3 rings (SSSR count). The first-order chi connectivity index (χ1) is 21.1. The lowest BCUT2D eigenvalue weighted by atomic mass is 10.1. The summed E-state index contributed by atoms with van der Waals surface area (Å²) in [5, 5.41) is 9.13. The Kier molecular flexibility index (Phi) is 11.5. The lowest BCUT2D eigenvalue weighted by Gasteiger charge is -2.33. The van der Waals surface area contributed by atoms with Gasteiger partial charge in [-0.2, -0.15) is 5.26 Å². The molecule has 1 saturated heterocycles. The average Bonchev–Trinajstić information content (AvgIpc) is 2.95. The summed E-state index contributed by atoms with van der Waals surface area (Å²) in [6.45, 7) is 6.65. The van der Waals surface area contributed by atoms with E-state index in [1.807, 2.05) is 6.07 Å². The first-order valence-corrected chi connectivity index (χ1v) is 15.8. The van der Waals surface area contributed by atoms with Gasteiger partial charge in [0.15, 0.2) is 5.75 Å². The number of nitriles is 1. The van der Waals surface area contributed by atoms with Crippen molar-refractivity contribution in [3.8, 4) is 11.8 Å². The maximum atomic E-state index is 15.3. The fourth-order valence-electron chi connectivity index (χ4n) is 4.47. The molecule has 2 N–H and O–H groups in total. The number of rotatable bonds is 11. The minimum absolute atomic E-state index is 0.0631. The van der Waals surface area contributed by atoms with Gasteiger partial charge in [0.25, 0.3) is 5.91 Å². The molecular weight excluding hydrogens is 607 g/mol. The second-order valence-electron chi connectivity index (χ2n) is 11.2. The lowest BCUT2D eigenvalue weighted by Crippen LogP contribution is -2.44. The number of anilines is 1. The molecule has 1 heterocycles. The third-order valence-corrected chi connectivity index (χ3v) is 8.09. The highest BCUT2D eigenvalue weighted by molar-refractivity contribution is 7.93. The van der Waals surface area contributed by atoms with Crippen LogP contribution in [-0.2, 0) is 24.3 Å². The molecule has 0 aromatic heterocycles. The van der Waals surface area contributed by atoms with Crippen molar-refractivity contribution < 1.29 is 41.4 Å². The molecule has 0 radical (unpaired) electrons. The Morgan fingerprint density at radius 1 is 1.16 bits per heavy atom. The number of esters is 1. The van der Waals surface area contributed by atoms with E-state index in [0.29, 0.717) is 35.8 Å². The summed E-state index contributed by atoms with van der Waals surface area (Å²) in [6, 6.07) is 11.8. The highest BCUT2D eigenvalue weighted by Crippen LogP contribution is 2.30. The average molecular weight is 645 g/mol. The third-order valence-electron chi connectivity index (χ3n) is 6.48. The molecule has 0 spiro atoms. The van der Waals surface area contributed by atoms with Crippen molar-refractivity contribution in [1.29, 1.82) is 5.26 Å². The van der Waals surface area contributed by atoms with E-state index >= 15 is 4.39 Å². The standard InChI is InChI=1S/C31H37FN4O8S/c1-5-42-28(37)20-45(40,41)36(19-23(32)16-21-7-6-8-22(15-21)18-33)24-9-10-27(26(17-24)29(34)38)43-25-11-13-35(14-12-25)30(39)44-31(2,3)4/h6-10,15-17,25H,5,11-14,19-20H2,1-4H3,(H2,34,38). The summed E-state index contributed by atoms with van der Waals surface area (Å²) in [5.74, 6) is -3.88. The van der Waals surface area contributed by atoms with Gasteiger partial charge in [-0.1, -0.05) is 12.1 Å². The number of sulfonamides is 1. The van der Waals surface area contributed by atoms with E-state index < -0.39 is 51.7 Å². The molecular formula is C31H37FN4O8S. The summed E-state index contributed by atoms with van der Waals surface area (Å²) in [6.07, 6.45) is 1.10. The van der Waals surface area contributed by atoms with Gasteiger partial charge in [-0.3, -0.25) is 13.9 Å². The number of nitrogens with zero attached hydrogens (tertiary/aromatic N) is 3. The molecule has 1 aliphatic heterocycles. The molecule has 12 nitrogen and oxygen atoms in total. The molecule has 0 atom stereocenters. The minimum Gasteiger partial charge on any atom is -0.489 e. The molecule has 242 valence electrons. The number of nitrogens with two attached hydrogens (primary N) is 1. The van der Waals surface area contributed by atoms with Crippen molar-refractivity contribution in [2.75, 3.05) is 36.3 Å². The minimum atomic E-state index is -4.52. The van der Waals surface area contributed by atoms with Crippen LogP contribution in [0.4, 0.5) is 14.9 Å². The van der Waals surface area contributed by atoms with Crippen LogP contribution in [0.15, 0.2) is 48.3 Å². The van der Waals surface area contributed by atoms with Gasteiger partial charge < -0.3 is 24.8 Å². The topological polar surface area (TPSA) is 169 Å². The van der Waals surface area contributed by atoms with Crippen LogP contribution >= 0.6 is 0 Å². The number of ether oxygens (including phenoxy) is 3. The molecule has 1 aliphatic rings. The number of carbonyl (C=O) groups excluding carboxylic acids is 3. The van der Waals surface area contributed by atoms with E-state index in [2.05, 4.69) is 0 Å². The van der Waals surface area contributed by atoms with Crippen LogP contribution in [-0.4, -0.2) is 75.0 Å². The van der Waals surface area contributed by atoms with Crippen molar-refractivity contribution in [3.05, 3.63) is 65.0 Å². The Bertz CT molecular complexity index is 1590. The van der Waals surface area contributed by atoms with Gasteiger partial charge >= 0.3 is 12.1 Å². The fraction of sp³-hybridized carbons (Fsp3) is 0.419. The summed E-state index contributed by atoms with van der Waals surface area (Å²) >= 11 is 0. The Labute approximate surface area is 262 Å². The Hall–Kier alpha value is -4.64. The number of piperidine rings is 1. The van der Waals surface area contributed by atoms with Crippen molar-refractivity contribution >= 4 is 39.8 Å². The van der Waals surface area contributed by atoms with Crippen LogP contribution in [0.25, 0.3) is 6.08 Å². The summed E-state index contributed by atoms with van der Waals surface area (Å²) in [5.41, 5.74) is 5.27. The van der Waals surface area contributed by atoms with Gasteiger partial charge in [0.05, 0.1) is 36.0 Å². The molecule has 45 heavy (non-hydrogen) atoms. The Balaban J connectivity index is 1.89. The van der Waals surface area contributed by atoms with Gasteiger partial charge in [-0.05, 0) is 69.7 Å². The second-order valence-corrected chi connectivity index (χ2v) is 13.1. The molecule has 0 aliphatic carbocycles. The molecule has 1 fully saturated rings. The van der Waals surface area contributed by atoms with E-state index in [0.717, 1.165) is 12.1 Å². The highest BCUT2D eigenvalue weighted by atomic mass is 32.2. The first-order valence-electron chi connectivity index (χ1n) is 14.2. The zero-order valence-corrected chi connectivity index (χ0v) is 26.4. The number of carbonyl (C=O) groups is 3. The maximum Gasteiger partial charge on any atom is 0.410 e. The first kappa shape index (κ1) is 34.8. The number of amides is 2. The molecule has 0 bridgehead atoms. The van der Waals surface area contributed by atoms with Gasteiger partial charge in [0.2, 0.25) is 10.0 Å². The third kappa shape index (κ3) is 10.2. The van der Waals surface area contributed by atoms with Crippen LogP contribution in [0, 0.1) is 11.3 Å². The van der Waals surface area contributed by atoms with E-state index in [9.17, 15) is 22.8 Å². The van der Waals surface area contributed by atoms with Crippen LogP contribution in [0.1, 0.15) is 62.0 Å². The van der Waals surface area contributed by atoms with E-state index in [1.165, 1.54) is 37.3 Å². The number of primary amides is 1. The zero-order chi connectivity index (χ0) is 33.4. The summed E-state index contributed by atoms with van der Waals surface area (Å²) in [7, 11) is -4.52. The normalized spacial score (nSPS) is 14.3. The second kappa shape index (κ2) is 14.9. The molecule has 0 unspecified atom stereocenters. The fourth-order valence-corrected chi connectivity index (χ4v) is 5.76. The number of likely N-dealkylation sites (tertiary alicyclic amines) is 1. The van der Waals surface area contributed by atoms with Gasteiger partial charge in [0.1, 0.15) is 23.3 Å². The van der Waals surface area contributed by atoms with E-state index in [1.54, 1.807) is 31.7 Å². The predicted molar refractivity (Wildman–Crippen MR) is 164 cm³/mol. The van der Waals surface area contributed by atoms with Gasteiger partial charge in [0, 0.05) is 25.9 Å². The maximum absolute atomic E-state index is 15.3. The smallest absolute Gasteiger partial charge is 0.410 e. The highest BCUT2D eigenvalue weighted by Gasteiger charge is 2.31. The molecule has 0 saturated carbocycles. The lowest BCUT2D eigenvalue weighted by molar-refractivity contribution is -0.139. The summed E-state index contributed by atoms with van der Waals surface area (Å²) in [4.78, 5) is 38.6. The number of hydrogen-bond acceptors (Lipinski definition) is 9. The van der Waals surface area contributed by atoms with E-state index in [-0.39, 0.29) is 35.3 Å². The Morgan fingerprint density at radius 3 is 2.44 bits per heavy atom. The van der Waals surface area contributed by atoms with Crippen molar-refractivity contribution in [2.24, 2.45) is 5.73 Å². The zero-order valence-electron chi connectivity index (χ0n) is 25.6. The van der Waals surface area contributed by atoms with Gasteiger partial charge in [-0.15, -0.1) is 0 Å². The van der Waals surface area contributed by atoms with Crippen molar-refractivity contribution in [1.82, 2.24) is 4.90 Å². The Morgan fingerprint density at radius 2 is 1.84 bits per heavy atom. The van der Waals surface area contributed by atoms with Crippen LogP contribution in [0.2, 0.25) is 0 Å².